The quantitative estimate of drug-likeness (QED) is 0.187. The van der Waals surface area contributed by atoms with Gasteiger partial charge in [-0.1, -0.05) is 23.7 Å². The third-order valence-corrected chi connectivity index (χ3v) is 7.74. The number of alkyl halides is 3. The molecule has 42 heavy (non-hydrogen) atoms. The third-order valence-electron chi connectivity index (χ3n) is 6.20. The van der Waals surface area contributed by atoms with Gasteiger partial charge in [0.15, 0.2) is 0 Å². The highest BCUT2D eigenvalue weighted by Crippen LogP contribution is 2.38. The molecule has 1 atom stereocenters. The average Bonchev–Trinajstić information content (AvgIpc) is 3.39. The van der Waals surface area contributed by atoms with Crippen LogP contribution in [0, 0.1) is 5.82 Å². The molecule has 1 aliphatic rings. The fourth-order valence-corrected chi connectivity index (χ4v) is 5.14. The molecule has 1 unspecified atom stereocenters. The van der Waals surface area contributed by atoms with Gasteiger partial charge in [-0.05, 0) is 87.0 Å². The number of anilines is 2. The Morgan fingerprint density at radius 1 is 1.05 bits per heavy atom. The number of hydrazone groups is 1. The molecule has 0 N–H and O–H groups in total. The van der Waals surface area contributed by atoms with Crippen LogP contribution in [-0.4, -0.2) is 34.7 Å². The minimum atomic E-state index is -4.58. The van der Waals surface area contributed by atoms with E-state index in [1.807, 2.05) is 0 Å². The lowest BCUT2D eigenvalue weighted by molar-refractivity contribution is -0.137. The maximum absolute atomic E-state index is 14.1. The van der Waals surface area contributed by atoms with E-state index in [1.54, 1.807) is 62.2 Å². The lowest BCUT2D eigenvalue weighted by Gasteiger charge is -2.30. The first-order chi connectivity index (χ1) is 19.9. The summed E-state index contributed by atoms with van der Waals surface area (Å²) >= 11 is 6.77. The van der Waals surface area contributed by atoms with E-state index in [0.29, 0.717) is 28.4 Å². The van der Waals surface area contributed by atoms with Crippen molar-refractivity contribution in [1.82, 2.24) is 4.31 Å². The monoisotopic (exact) mass is 622 g/mol. The molecule has 0 fully saturated rings. The molecule has 222 valence electrons. The first-order valence-corrected chi connectivity index (χ1v) is 14.0. The van der Waals surface area contributed by atoms with Crippen molar-refractivity contribution in [3.05, 3.63) is 94.8 Å². The summed E-state index contributed by atoms with van der Waals surface area (Å²) in [5.74, 6) is -1.08. The molecule has 0 spiro atoms. The van der Waals surface area contributed by atoms with E-state index >= 15 is 0 Å². The fraction of sp³-hybridized carbons (Fsp3) is 0.276. The highest BCUT2D eigenvalue weighted by Gasteiger charge is 2.37. The van der Waals surface area contributed by atoms with Gasteiger partial charge in [0.2, 0.25) is 0 Å². The van der Waals surface area contributed by atoms with Crippen molar-refractivity contribution in [2.45, 2.75) is 45.5 Å². The van der Waals surface area contributed by atoms with Crippen LogP contribution in [0.2, 0.25) is 5.02 Å². The molecule has 13 heteroatoms. The number of carbonyl (C=O) groups excluding carboxylic acids is 2. The number of benzene rings is 3. The van der Waals surface area contributed by atoms with Crippen LogP contribution in [0.15, 0.2) is 77.9 Å². The third kappa shape index (κ3) is 7.16. The molecule has 3 aromatic carbocycles. The van der Waals surface area contributed by atoms with Crippen LogP contribution in [0.4, 0.5) is 33.7 Å². The van der Waals surface area contributed by atoms with Crippen LogP contribution >= 0.6 is 23.7 Å². The average molecular weight is 623 g/mol. The zero-order valence-corrected chi connectivity index (χ0v) is 24.4. The minimum absolute atomic E-state index is 0.0687. The molecule has 7 nitrogen and oxygen atoms in total. The number of halogens is 5. The van der Waals surface area contributed by atoms with E-state index in [9.17, 15) is 27.2 Å². The van der Waals surface area contributed by atoms with Gasteiger partial charge in [0, 0.05) is 17.5 Å². The number of carbonyl (C=O) groups is 2. The van der Waals surface area contributed by atoms with E-state index in [-0.39, 0.29) is 24.4 Å². The molecule has 3 aromatic rings. The van der Waals surface area contributed by atoms with Gasteiger partial charge < -0.3 is 4.74 Å². The van der Waals surface area contributed by atoms with E-state index < -0.39 is 41.6 Å². The molecule has 0 radical (unpaired) electrons. The smallest absolute Gasteiger partial charge is 0.421 e. The molecule has 0 saturated heterocycles. The second-order valence-electron chi connectivity index (χ2n) is 9.48. The lowest BCUT2D eigenvalue weighted by Crippen LogP contribution is -2.40. The van der Waals surface area contributed by atoms with E-state index in [1.165, 1.54) is 16.4 Å². The largest absolute Gasteiger partial charge is 0.449 e. The number of amides is 2. The number of ether oxygens (including phenoxy) is 1. The molecule has 1 aliphatic heterocycles. The lowest BCUT2D eigenvalue weighted by atomic mass is 10.0. The Balaban J connectivity index is 1.75. The molecule has 0 aliphatic carbocycles. The van der Waals surface area contributed by atoms with Crippen molar-refractivity contribution in [2.75, 3.05) is 15.9 Å². The predicted molar refractivity (Wildman–Crippen MR) is 156 cm³/mol. The van der Waals surface area contributed by atoms with Crippen molar-refractivity contribution >= 4 is 52.8 Å². The first kappa shape index (κ1) is 31.2. The highest BCUT2D eigenvalue weighted by molar-refractivity contribution is 7.99. The number of rotatable bonds is 8. The van der Waals surface area contributed by atoms with Gasteiger partial charge in [0.25, 0.3) is 5.91 Å². The first-order valence-electron chi connectivity index (χ1n) is 12.9. The Labute approximate surface area is 249 Å². The summed E-state index contributed by atoms with van der Waals surface area (Å²) in [6.07, 6.45) is -5.21. The normalized spacial score (nSPS) is 15.0. The molecular formula is C29H27ClF4N4O3S. The molecule has 4 rings (SSSR count). The summed E-state index contributed by atoms with van der Waals surface area (Å²) in [6, 6.07) is 15.6. The Morgan fingerprint density at radius 3 is 2.21 bits per heavy atom. The van der Waals surface area contributed by atoms with Gasteiger partial charge in [-0.15, -0.1) is 0 Å². The molecule has 2 amide bonds. The van der Waals surface area contributed by atoms with Gasteiger partial charge in [-0.25, -0.2) is 17.8 Å². The Bertz CT molecular complexity index is 1440. The second kappa shape index (κ2) is 13.0. The number of hydrogen-bond donors (Lipinski definition) is 0. The molecule has 0 bridgehead atoms. The summed E-state index contributed by atoms with van der Waals surface area (Å²) in [6.45, 7) is 5.13. The van der Waals surface area contributed by atoms with Crippen molar-refractivity contribution in [1.29, 1.82) is 0 Å². The van der Waals surface area contributed by atoms with E-state index in [4.69, 9.17) is 16.3 Å². The Kier molecular flexibility index (Phi) is 9.67. The number of nitrogens with zero attached hydrogens (tertiary/aromatic N) is 4. The second-order valence-corrected chi connectivity index (χ2v) is 10.8. The van der Waals surface area contributed by atoms with E-state index in [2.05, 4.69) is 5.10 Å². The van der Waals surface area contributed by atoms with E-state index in [0.717, 1.165) is 28.6 Å². The van der Waals surface area contributed by atoms with Gasteiger partial charge >= 0.3 is 12.3 Å². The van der Waals surface area contributed by atoms with Crippen LogP contribution in [0.3, 0.4) is 0 Å². The van der Waals surface area contributed by atoms with Crippen molar-refractivity contribution in [3.8, 4) is 0 Å². The summed E-state index contributed by atoms with van der Waals surface area (Å²) in [7, 11) is 0. The SMILES string of the molecule is CCOC(=O)N(SN(C(=O)C1=NN(c2ccc(Cl)cc2)C(c2ccc(F)cc2)C1)c1ccc(C(F)(F)F)cc1)C(C)C. The molecule has 1 heterocycles. The van der Waals surface area contributed by atoms with Crippen LogP contribution in [0.5, 0.6) is 0 Å². The van der Waals surface area contributed by atoms with Crippen LogP contribution in [0.1, 0.15) is 44.4 Å². The topological polar surface area (TPSA) is 65.5 Å². The zero-order valence-electron chi connectivity index (χ0n) is 22.8. The Morgan fingerprint density at radius 2 is 1.67 bits per heavy atom. The van der Waals surface area contributed by atoms with Gasteiger partial charge in [0.05, 0.1) is 41.7 Å². The van der Waals surface area contributed by atoms with Crippen molar-refractivity contribution < 1.29 is 31.9 Å². The van der Waals surface area contributed by atoms with Crippen LogP contribution in [-0.2, 0) is 15.7 Å². The minimum Gasteiger partial charge on any atom is -0.449 e. The van der Waals surface area contributed by atoms with Crippen molar-refractivity contribution in [3.63, 3.8) is 0 Å². The van der Waals surface area contributed by atoms with Crippen LogP contribution < -0.4 is 9.31 Å². The zero-order chi connectivity index (χ0) is 30.6. The van der Waals surface area contributed by atoms with Gasteiger partial charge in [-0.2, -0.15) is 18.3 Å². The molecule has 0 aromatic heterocycles. The standard InChI is InChI=1S/C29H27ClF4N4O3S/c1-4-41-28(40)37(18(2)3)42-38(24-13-7-20(8-14-24)29(32,33)34)27(39)25-17-26(19-5-11-22(31)12-6-19)36(35-25)23-15-9-21(30)10-16-23/h5-16,18,26H,4,17H2,1-3H3. The number of hydrogen-bond acceptors (Lipinski definition) is 6. The predicted octanol–water partition coefficient (Wildman–Crippen LogP) is 8.27. The summed E-state index contributed by atoms with van der Waals surface area (Å²) in [5, 5.41) is 6.70. The summed E-state index contributed by atoms with van der Waals surface area (Å²) in [5.41, 5.74) is 0.568. The highest BCUT2D eigenvalue weighted by atomic mass is 35.5. The van der Waals surface area contributed by atoms with Crippen molar-refractivity contribution in [2.24, 2.45) is 5.10 Å². The van der Waals surface area contributed by atoms with Crippen LogP contribution in [0.25, 0.3) is 0 Å². The van der Waals surface area contributed by atoms with Gasteiger partial charge in [0.1, 0.15) is 11.5 Å². The molecular weight excluding hydrogens is 596 g/mol. The summed E-state index contributed by atoms with van der Waals surface area (Å²) < 4.78 is 61.0. The summed E-state index contributed by atoms with van der Waals surface area (Å²) in [4.78, 5) is 26.8. The molecule has 0 saturated carbocycles. The Hall–Kier alpha value is -3.77. The fourth-order valence-electron chi connectivity index (χ4n) is 4.13. The maximum atomic E-state index is 14.1. The maximum Gasteiger partial charge on any atom is 0.421 e. The van der Waals surface area contributed by atoms with Gasteiger partial charge in [-0.3, -0.25) is 9.80 Å².